The smallest absolute Gasteiger partial charge is 0.223 e. The normalized spacial score (nSPS) is 25.1. The van der Waals surface area contributed by atoms with Crippen molar-refractivity contribution in [2.75, 3.05) is 25.1 Å². The van der Waals surface area contributed by atoms with Crippen molar-refractivity contribution in [2.24, 2.45) is 11.7 Å². The minimum atomic E-state index is 0. The number of carbonyl (C=O) groups excluding carboxylic acids is 1. The van der Waals surface area contributed by atoms with Crippen LogP contribution >= 0.6 is 36.4 Å². The first-order valence-electron chi connectivity index (χ1n) is 8.21. The molecule has 8 heteroatoms. The van der Waals surface area contributed by atoms with E-state index >= 15 is 0 Å². The van der Waals surface area contributed by atoms with Crippen LogP contribution in [0.4, 0.5) is 5.69 Å². The van der Waals surface area contributed by atoms with Crippen LogP contribution in [0.15, 0.2) is 18.2 Å². The summed E-state index contributed by atoms with van der Waals surface area (Å²) in [6, 6.07) is 5.97. The molecule has 1 aromatic carbocycles. The van der Waals surface area contributed by atoms with E-state index in [4.69, 9.17) is 22.1 Å². The van der Waals surface area contributed by atoms with Gasteiger partial charge < -0.3 is 20.7 Å². The number of halogens is 3. The number of ether oxygens (including phenoxy) is 1. The average Bonchev–Trinajstić information content (AvgIpc) is 3.16. The van der Waals surface area contributed by atoms with Gasteiger partial charge in [0, 0.05) is 36.1 Å². The standard InChI is InChI=1S/C17H24ClN3O2.2ClH/c1-23-16-5-3-12(18)9-15(16)21-7-6-14(10-21)20-17(22)11-2-4-13(19)8-11;;/h3,5,9,11,13-14H,2,4,6-8,10,19H2,1H3,(H,20,22);2*1H. The van der Waals surface area contributed by atoms with Gasteiger partial charge in [-0.2, -0.15) is 0 Å². The highest BCUT2D eigenvalue weighted by molar-refractivity contribution is 6.30. The summed E-state index contributed by atoms with van der Waals surface area (Å²) in [6.07, 6.45) is 3.60. The Hall–Kier alpha value is -0.880. The average molecular weight is 411 g/mol. The van der Waals surface area contributed by atoms with Crippen LogP contribution in [0.3, 0.4) is 0 Å². The van der Waals surface area contributed by atoms with Crippen molar-refractivity contribution in [3.8, 4) is 5.75 Å². The van der Waals surface area contributed by atoms with Crippen molar-refractivity contribution in [3.05, 3.63) is 23.2 Å². The zero-order chi connectivity index (χ0) is 16.4. The summed E-state index contributed by atoms with van der Waals surface area (Å²) in [6.45, 7) is 1.66. The van der Waals surface area contributed by atoms with E-state index in [0.717, 1.165) is 50.2 Å². The number of amides is 1. The van der Waals surface area contributed by atoms with E-state index in [0.29, 0.717) is 5.02 Å². The number of hydrogen-bond donors (Lipinski definition) is 2. The predicted octanol–water partition coefficient (Wildman–Crippen LogP) is 3.01. The Morgan fingerprint density at radius 2 is 2.08 bits per heavy atom. The zero-order valence-electron chi connectivity index (χ0n) is 14.2. The topological polar surface area (TPSA) is 67.6 Å². The minimum Gasteiger partial charge on any atom is -0.495 e. The maximum atomic E-state index is 12.3. The number of methoxy groups -OCH3 is 1. The van der Waals surface area contributed by atoms with Crippen LogP contribution in [0, 0.1) is 5.92 Å². The molecular weight excluding hydrogens is 385 g/mol. The van der Waals surface area contributed by atoms with Crippen LogP contribution in [0.1, 0.15) is 25.7 Å². The molecule has 0 radical (unpaired) electrons. The molecule has 2 fully saturated rings. The third-order valence-corrected chi connectivity index (χ3v) is 5.10. The molecule has 25 heavy (non-hydrogen) atoms. The molecule has 1 amide bonds. The van der Waals surface area contributed by atoms with Gasteiger partial charge in [0.05, 0.1) is 12.8 Å². The van der Waals surface area contributed by atoms with Crippen molar-refractivity contribution in [3.63, 3.8) is 0 Å². The molecule has 2 aliphatic rings. The molecule has 1 aromatic rings. The van der Waals surface area contributed by atoms with Crippen LogP contribution in [0.5, 0.6) is 5.75 Å². The number of hydrogen-bond acceptors (Lipinski definition) is 4. The van der Waals surface area contributed by atoms with E-state index in [-0.39, 0.29) is 48.7 Å². The first-order valence-corrected chi connectivity index (χ1v) is 8.59. The monoisotopic (exact) mass is 409 g/mol. The molecule has 3 rings (SSSR count). The fourth-order valence-electron chi connectivity index (χ4n) is 3.58. The van der Waals surface area contributed by atoms with Gasteiger partial charge in [-0.25, -0.2) is 0 Å². The number of benzene rings is 1. The fourth-order valence-corrected chi connectivity index (χ4v) is 3.75. The zero-order valence-corrected chi connectivity index (χ0v) is 16.6. The van der Waals surface area contributed by atoms with E-state index in [1.54, 1.807) is 7.11 Å². The van der Waals surface area contributed by atoms with Gasteiger partial charge in [0.2, 0.25) is 5.91 Å². The molecular formula is C17H26Cl3N3O2. The summed E-state index contributed by atoms with van der Waals surface area (Å²) in [5.74, 6) is 1.05. The summed E-state index contributed by atoms with van der Waals surface area (Å²) < 4.78 is 5.42. The molecule has 1 aliphatic carbocycles. The van der Waals surface area contributed by atoms with Gasteiger partial charge in [0.1, 0.15) is 5.75 Å². The molecule has 3 unspecified atom stereocenters. The molecule has 1 heterocycles. The van der Waals surface area contributed by atoms with E-state index in [9.17, 15) is 4.79 Å². The number of rotatable bonds is 4. The highest BCUT2D eigenvalue weighted by atomic mass is 35.5. The summed E-state index contributed by atoms with van der Waals surface area (Å²) >= 11 is 6.11. The van der Waals surface area contributed by atoms with Crippen molar-refractivity contribution >= 4 is 48.0 Å². The fraction of sp³-hybridized carbons (Fsp3) is 0.588. The Bertz CT molecular complexity index is 588. The first kappa shape index (κ1) is 22.2. The lowest BCUT2D eigenvalue weighted by atomic mass is 10.1. The van der Waals surface area contributed by atoms with Crippen LogP contribution in [0.2, 0.25) is 5.02 Å². The number of nitrogens with zero attached hydrogens (tertiary/aromatic N) is 1. The quantitative estimate of drug-likeness (QED) is 0.800. The molecule has 3 atom stereocenters. The summed E-state index contributed by atoms with van der Waals surface area (Å²) in [7, 11) is 1.66. The van der Waals surface area contributed by atoms with Gasteiger partial charge in [-0.05, 0) is 43.9 Å². The van der Waals surface area contributed by atoms with E-state index < -0.39 is 0 Å². The van der Waals surface area contributed by atoms with E-state index in [2.05, 4.69) is 10.2 Å². The minimum absolute atomic E-state index is 0. The van der Waals surface area contributed by atoms with E-state index in [1.807, 2.05) is 18.2 Å². The third-order valence-electron chi connectivity index (χ3n) is 4.86. The molecule has 0 aromatic heterocycles. The number of nitrogens with two attached hydrogens (primary N) is 1. The van der Waals surface area contributed by atoms with E-state index in [1.165, 1.54) is 0 Å². The second-order valence-corrected chi connectivity index (χ2v) is 6.96. The summed E-state index contributed by atoms with van der Waals surface area (Å²) in [4.78, 5) is 14.6. The summed E-state index contributed by atoms with van der Waals surface area (Å²) in [5, 5.41) is 3.87. The second kappa shape index (κ2) is 9.72. The third kappa shape index (κ3) is 5.30. The molecule has 5 nitrogen and oxygen atoms in total. The van der Waals surface area contributed by atoms with Crippen LogP contribution in [-0.4, -0.2) is 38.2 Å². The Morgan fingerprint density at radius 1 is 1.32 bits per heavy atom. The van der Waals surface area contributed by atoms with Gasteiger partial charge >= 0.3 is 0 Å². The Labute approximate surface area is 166 Å². The van der Waals surface area contributed by atoms with Crippen molar-refractivity contribution in [1.29, 1.82) is 0 Å². The number of nitrogens with one attached hydrogen (secondary N) is 1. The predicted molar refractivity (Wildman–Crippen MR) is 107 cm³/mol. The largest absolute Gasteiger partial charge is 0.495 e. The molecule has 1 aliphatic heterocycles. The van der Waals surface area contributed by atoms with Crippen LogP contribution in [-0.2, 0) is 4.79 Å². The highest BCUT2D eigenvalue weighted by Gasteiger charge is 2.31. The Balaban J connectivity index is 0.00000156. The van der Waals surface area contributed by atoms with Gasteiger partial charge in [-0.3, -0.25) is 4.79 Å². The van der Waals surface area contributed by atoms with Crippen molar-refractivity contribution in [2.45, 2.75) is 37.8 Å². The molecule has 3 N–H and O–H groups in total. The first-order chi connectivity index (χ1) is 11.1. The van der Waals surface area contributed by atoms with Crippen molar-refractivity contribution in [1.82, 2.24) is 5.32 Å². The SMILES string of the molecule is COc1ccc(Cl)cc1N1CCC(NC(=O)C2CCC(N)C2)C1.Cl.Cl. The molecule has 0 spiro atoms. The van der Waals surface area contributed by atoms with Crippen LogP contribution in [0.25, 0.3) is 0 Å². The molecule has 1 saturated carbocycles. The number of carbonyl (C=O) groups is 1. The van der Waals surface area contributed by atoms with Crippen molar-refractivity contribution < 1.29 is 9.53 Å². The maximum Gasteiger partial charge on any atom is 0.223 e. The lowest BCUT2D eigenvalue weighted by molar-refractivity contribution is -0.125. The molecule has 142 valence electrons. The van der Waals surface area contributed by atoms with Gasteiger partial charge in [0.25, 0.3) is 0 Å². The second-order valence-electron chi connectivity index (χ2n) is 6.53. The highest BCUT2D eigenvalue weighted by Crippen LogP contribution is 2.33. The lowest BCUT2D eigenvalue weighted by Crippen LogP contribution is -2.40. The van der Waals surface area contributed by atoms with Gasteiger partial charge in [-0.15, -0.1) is 24.8 Å². The van der Waals surface area contributed by atoms with Gasteiger partial charge in [0.15, 0.2) is 0 Å². The molecule has 0 bridgehead atoms. The maximum absolute atomic E-state index is 12.3. The number of anilines is 1. The lowest BCUT2D eigenvalue weighted by Gasteiger charge is -2.22. The van der Waals surface area contributed by atoms with Gasteiger partial charge in [-0.1, -0.05) is 11.6 Å². The van der Waals surface area contributed by atoms with Crippen LogP contribution < -0.4 is 20.7 Å². The Morgan fingerprint density at radius 3 is 2.72 bits per heavy atom. The molecule has 1 saturated heterocycles. The summed E-state index contributed by atoms with van der Waals surface area (Å²) in [5.41, 5.74) is 6.89. The Kier molecular flexibility index (Phi) is 8.61.